The molecule has 1 atom stereocenters. The summed E-state index contributed by atoms with van der Waals surface area (Å²) in [5.74, 6) is 0.0478. The van der Waals surface area contributed by atoms with E-state index in [0.29, 0.717) is 0 Å². The van der Waals surface area contributed by atoms with Crippen molar-refractivity contribution in [2.75, 3.05) is 19.6 Å². The maximum atomic E-state index is 12.0. The molecule has 1 amide bonds. The largest absolute Gasteiger partial charge is 0.352 e. The number of amides is 1. The Balaban J connectivity index is 2.28. The summed E-state index contributed by atoms with van der Waals surface area (Å²) in [4.78, 5) is 22.1. The molecule has 2 N–H and O–H groups in total. The molecule has 0 saturated carbocycles. The van der Waals surface area contributed by atoms with Gasteiger partial charge in [0.2, 0.25) is 5.91 Å². The number of carbonyl (C=O) groups excluding carboxylic acids is 1. The molecule has 0 aliphatic heterocycles. The van der Waals surface area contributed by atoms with Gasteiger partial charge >= 0.3 is 0 Å². The maximum absolute atomic E-state index is 12.0. The lowest BCUT2D eigenvalue weighted by Crippen LogP contribution is -2.45. The van der Waals surface area contributed by atoms with Crippen LogP contribution in [0.4, 0.5) is 0 Å². The smallest absolute Gasteiger partial charge is 0.217 e. The fourth-order valence-corrected chi connectivity index (χ4v) is 6.36. The van der Waals surface area contributed by atoms with Gasteiger partial charge in [-0.3, -0.25) is 4.79 Å². The molecule has 1 unspecified atom stereocenters. The van der Waals surface area contributed by atoms with Gasteiger partial charge in [-0.25, -0.2) is 4.98 Å². The molecule has 0 spiro atoms. The van der Waals surface area contributed by atoms with Crippen LogP contribution in [-0.2, 0) is 11.2 Å². The van der Waals surface area contributed by atoms with E-state index in [-0.39, 0.29) is 11.9 Å². The SMILES string of the molecule is CCCCC/C=C\C/C=C\CCCCCCCCCN(CCCCCCC/C=C\C/C=C\CCCCC)CC(Cc1cnc[nH]1)NC(C)=O. The lowest BCUT2D eigenvalue weighted by molar-refractivity contribution is -0.119. The van der Waals surface area contributed by atoms with E-state index in [9.17, 15) is 4.79 Å². The second kappa shape index (κ2) is 35.4. The minimum atomic E-state index is 0.0478. The van der Waals surface area contributed by atoms with E-state index < -0.39 is 0 Å². The van der Waals surface area contributed by atoms with Crippen molar-refractivity contribution in [3.05, 3.63) is 66.8 Å². The minimum absolute atomic E-state index is 0.0478. The Morgan fingerprint density at radius 3 is 1.49 bits per heavy atom. The molecule has 49 heavy (non-hydrogen) atoms. The van der Waals surface area contributed by atoms with Crippen molar-refractivity contribution in [3.63, 3.8) is 0 Å². The third-order valence-electron chi connectivity index (χ3n) is 9.26. The van der Waals surface area contributed by atoms with Gasteiger partial charge in [0.15, 0.2) is 0 Å². The molecule has 5 heteroatoms. The number of rotatable bonds is 35. The molecule has 1 heterocycles. The summed E-state index contributed by atoms with van der Waals surface area (Å²) in [7, 11) is 0. The molecule has 0 aliphatic rings. The number of unbranched alkanes of at least 4 members (excludes halogenated alkanes) is 18. The molecule has 5 nitrogen and oxygen atoms in total. The van der Waals surface area contributed by atoms with Crippen LogP contribution >= 0.6 is 0 Å². The Kier molecular flexibility index (Phi) is 32.3. The minimum Gasteiger partial charge on any atom is -0.352 e. The van der Waals surface area contributed by atoms with E-state index in [1.165, 1.54) is 141 Å². The van der Waals surface area contributed by atoms with Crippen LogP contribution in [0.15, 0.2) is 61.1 Å². The first-order chi connectivity index (χ1) is 24.2. The Hall–Kier alpha value is -2.40. The van der Waals surface area contributed by atoms with Crippen molar-refractivity contribution >= 4 is 5.91 Å². The number of H-pyrrole nitrogens is 1. The van der Waals surface area contributed by atoms with Gasteiger partial charge in [0, 0.05) is 37.8 Å². The van der Waals surface area contributed by atoms with Crippen LogP contribution in [0.5, 0.6) is 0 Å². The fraction of sp³-hybridized carbons (Fsp3) is 0.727. The maximum Gasteiger partial charge on any atom is 0.217 e. The highest BCUT2D eigenvalue weighted by Gasteiger charge is 2.16. The van der Waals surface area contributed by atoms with Crippen LogP contribution < -0.4 is 5.32 Å². The lowest BCUT2D eigenvalue weighted by atomic mass is 10.1. The van der Waals surface area contributed by atoms with Crippen LogP contribution in [0.2, 0.25) is 0 Å². The van der Waals surface area contributed by atoms with E-state index in [1.807, 2.05) is 6.20 Å². The average molecular weight is 679 g/mol. The molecule has 0 aromatic carbocycles. The van der Waals surface area contributed by atoms with Crippen LogP contribution in [0.3, 0.4) is 0 Å². The number of aromatic amines is 1. The molecular weight excluding hydrogens is 601 g/mol. The van der Waals surface area contributed by atoms with Gasteiger partial charge in [-0.2, -0.15) is 0 Å². The van der Waals surface area contributed by atoms with Gasteiger partial charge < -0.3 is 15.2 Å². The van der Waals surface area contributed by atoms with E-state index in [1.54, 1.807) is 13.3 Å². The first-order valence-electron chi connectivity index (χ1n) is 20.7. The molecule has 280 valence electrons. The van der Waals surface area contributed by atoms with Gasteiger partial charge in [-0.05, 0) is 90.1 Å². The van der Waals surface area contributed by atoms with Crippen molar-refractivity contribution in [3.8, 4) is 0 Å². The molecule has 0 fully saturated rings. The van der Waals surface area contributed by atoms with Crippen LogP contribution in [-0.4, -0.2) is 46.5 Å². The molecule has 0 radical (unpaired) electrons. The van der Waals surface area contributed by atoms with E-state index in [0.717, 1.165) is 44.6 Å². The van der Waals surface area contributed by atoms with Crippen molar-refractivity contribution in [2.45, 2.75) is 187 Å². The van der Waals surface area contributed by atoms with E-state index in [2.05, 4.69) is 82.6 Å². The molecule has 1 aromatic rings. The summed E-state index contributed by atoms with van der Waals surface area (Å²) in [5, 5.41) is 3.21. The summed E-state index contributed by atoms with van der Waals surface area (Å²) < 4.78 is 0. The Morgan fingerprint density at radius 1 is 0.653 bits per heavy atom. The van der Waals surface area contributed by atoms with E-state index >= 15 is 0 Å². The number of carbonyl (C=O) groups is 1. The summed E-state index contributed by atoms with van der Waals surface area (Å²) in [6.07, 6.45) is 53.9. The van der Waals surface area contributed by atoms with Gasteiger partial charge in [0.1, 0.15) is 0 Å². The Labute approximate surface area is 304 Å². The van der Waals surface area contributed by atoms with Gasteiger partial charge in [0.25, 0.3) is 0 Å². The van der Waals surface area contributed by atoms with Crippen LogP contribution in [0.25, 0.3) is 0 Å². The zero-order valence-electron chi connectivity index (χ0n) is 32.5. The van der Waals surface area contributed by atoms with E-state index in [4.69, 9.17) is 0 Å². The molecule has 1 rings (SSSR count). The van der Waals surface area contributed by atoms with Crippen molar-refractivity contribution in [1.29, 1.82) is 0 Å². The van der Waals surface area contributed by atoms with Crippen molar-refractivity contribution in [2.24, 2.45) is 0 Å². The first kappa shape index (κ1) is 44.6. The molecule has 1 aromatic heterocycles. The topological polar surface area (TPSA) is 61.0 Å². The third kappa shape index (κ3) is 31.3. The summed E-state index contributed by atoms with van der Waals surface area (Å²) >= 11 is 0. The van der Waals surface area contributed by atoms with Crippen molar-refractivity contribution in [1.82, 2.24) is 20.2 Å². The summed E-state index contributed by atoms with van der Waals surface area (Å²) in [5.41, 5.74) is 1.08. The normalized spacial score (nSPS) is 12.9. The highest BCUT2D eigenvalue weighted by Crippen LogP contribution is 2.13. The first-order valence-corrected chi connectivity index (χ1v) is 20.7. The Morgan fingerprint density at radius 2 is 1.08 bits per heavy atom. The fourth-order valence-electron chi connectivity index (χ4n) is 6.36. The number of imidazole rings is 1. The quantitative estimate of drug-likeness (QED) is 0.0555. The second-order valence-electron chi connectivity index (χ2n) is 14.1. The number of aromatic nitrogens is 2. The Bertz CT molecular complexity index is 948. The predicted molar refractivity (Wildman–Crippen MR) is 215 cm³/mol. The molecular formula is C44H78N4O. The van der Waals surface area contributed by atoms with Crippen LogP contribution in [0.1, 0.15) is 181 Å². The summed E-state index contributed by atoms with van der Waals surface area (Å²) in [6.45, 7) is 9.30. The lowest BCUT2D eigenvalue weighted by Gasteiger charge is -2.28. The van der Waals surface area contributed by atoms with Crippen LogP contribution in [0, 0.1) is 0 Å². The summed E-state index contributed by atoms with van der Waals surface area (Å²) in [6, 6.07) is 0.104. The number of hydrogen-bond donors (Lipinski definition) is 2. The van der Waals surface area contributed by atoms with Crippen molar-refractivity contribution < 1.29 is 4.79 Å². The number of nitrogens with one attached hydrogen (secondary N) is 2. The third-order valence-corrected chi connectivity index (χ3v) is 9.26. The van der Waals surface area contributed by atoms with Gasteiger partial charge in [-0.15, -0.1) is 0 Å². The highest BCUT2D eigenvalue weighted by atomic mass is 16.1. The molecule has 0 saturated heterocycles. The number of hydrogen-bond acceptors (Lipinski definition) is 3. The predicted octanol–water partition coefficient (Wildman–Crippen LogP) is 12.4. The van der Waals surface area contributed by atoms with Gasteiger partial charge in [-0.1, -0.05) is 140 Å². The zero-order valence-corrected chi connectivity index (χ0v) is 32.5. The average Bonchev–Trinajstić information content (AvgIpc) is 3.60. The second-order valence-corrected chi connectivity index (χ2v) is 14.1. The molecule has 0 aliphatic carbocycles. The monoisotopic (exact) mass is 679 g/mol. The zero-order chi connectivity index (χ0) is 35.3. The number of allylic oxidation sites excluding steroid dienone is 8. The highest BCUT2D eigenvalue weighted by molar-refractivity contribution is 5.73. The molecule has 0 bridgehead atoms. The van der Waals surface area contributed by atoms with Gasteiger partial charge in [0.05, 0.1) is 6.33 Å². The standard InChI is InChI=1S/C44H78N4O/c1-4-6-8-10-12-14-16-18-20-21-23-25-27-29-31-33-35-37-48(40-44(47-42(3)49)38-43-39-45-41-46-43)36-34-32-30-28-26-24-22-19-17-15-13-11-9-7-5-2/h12-15,18-20,22,39,41,44H,4-11,16-17,21,23-38,40H2,1-3H3,(H,45,46)(H,47,49)/b14-12-,15-13-,20-18-,22-19-. The number of nitrogens with zero attached hydrogens (tertiary/aromatic N) is 2.